The number of aromatic nitrogens is 1. The maximum atomic E-state index is 13.9. The van der Waals surface area contributed by atoms with E-state index in [4.69, 9.17) is 16.3 Å². The van der Waals surface area contributed by atoms with Gasteiger partial charge in [0, 0.05) is 26.1 Å². The third-order valence-corrected chi connectivity index (χ3v) is 6.94. The molecule has 2 unspecified atom stereocenters. The van der Waals surface area contributed by atoms with Crippen LogP contribution in [0, 0.1) is 29.1 Å². The monoisotopic (exact) mass is 458 g/mol. The van der Waals surface area contributed by atoms with E-state index >= 15 is 0 Å². The lowest BCUT2D eigenvalue weighted by atomic mass is 9.99. The summed E-state index contributed by atoms with van der Waals surface area (Å²) in [4.78, 5) is 19.3. The van der Waals surface area contributed by atoms with E-state index in [-0.39, 0.29) is 41.9 Å². The van der Waals surface area contributed by atoms with Crippen LogP contribution in [0.1, 0.15) is 31.4 Å². The van der Waals surface area contributed by atoms with E-state index in [2.05, 4.69) is 4.98 Å². The lowest BCUT2D eigenvalue weighted by Crippen LogP contribution is -2.59. The number of carbonyl (C=O) groups excluding carboxylic acids is 1. The third-order valence-electron chi connectivity index (χ3n) is 6.58. The Morgan fingerprint density at radius 1 is 1.32 bits per heavy atom. The molecule has 4 atom stereocenters. The molecule has 7 nitrogen and oxygen atoms in total. The summed E-state index contributed by atoms with van der Waals surface area (Å²) in [6, 6.07) is 1.15. The Morgan fingerprint density at radius 2 is 1.97 bits per heavy atom. The molecule has 3 fully saturated rings. The standard InChI is InChI=1S/C20H22ClF3N4O3/c1-3-31-15(30)4-10-12-6-27(7-13(10)12)19-17(21)16(20(22,23)24)11(5-25)18(26-19)28-8-14(29)9(28)2/h9-10,12-14,29H,3-4,6-8H2,1-2H3/t9-,10?,12?,13?,14+/m0/s1. The third kappa shape index (κ3) is 3.68. The summed E-state index contributed by atoms with van der Waals surface area (Å²) in [5.74, 6) is 0.0878. The van der Waals surface area contributed by atoms with Crippen molar-refractivity contribution in [1.82, 2.24) is 4.98 Å². The van der Waals surface area contributed by atoms with E-state index in [0.29, 0.717) is 26.1 Å². The summed E-state index contributed by atoms with van der Waals surface area (Å²) in [6.07, 6.45) is -5.24. The van der Waals surface area contributed by atoms with Crippen LogP contribution < -0.4 is 9.80 Å². The van der Waals surface area contributed by atoms with Crippen LogP contribution in [0.3, 0.4) is 0 Å². The molecular formula is C20H22ClF3N4O3. The molecule has 0 radical (unpaired) electrons. The average molecular weight is 459 g/mol. The Hall–Kier alpha value is -2.25. The first kappa shape index (κ1) is 22.0. The summed E-state index contributed by atoms with van der Waals surface area (Å²) >= 11 is 6.17. The van der Waals surface area contributed by atoms with Gasteiger partial charge in [-0.1, -0.05) is 11.6 Å². The second-order valence-corrected chi connectivity index (χ2v) is 8.68. The number of fused-ring (bicyclic) bond motifs is 1. The Morgan fingerprint density at radius 3 is 2.45 bits per heavy atom. The van der Waals surface area contributed by atoms with Crippen molar-refractivity contribution in [3.63, 3.8) is 0 Å². The molecule has 1 N–H and O–H groups in total. The highest BCUT2D eigenvalue weighted by atomic mass is 35.5. The largest absolute Gasteiger partial charge is 0.466 e. The molecule has 1 aliphatic carbocycles. The Bertz CT molecular complexity index is 939. The van der Waals surface area contributed by atoms with Gasteiger partial charge in [-0.15, -0.1) is 0 Å². The summed E-state index contributed by atoms with van der Waals surface area (Å²) in [5, 5.41) is 18.7. The summed E-state index contributed by atoms with van der Waals surface area (Å²) in [7, 11) is 0. The molecule has 3 heterocycles. The number of nitriles is 1. The number of β-amino-alcohol motifs (C(OH)–C–C–N with tert-alkyl or cyclic N) is 1. The van der Waals surface area contributed by atoms with Crippen LogP contribution >= 0.6 is 11.6 Å². The van der Waals surface area contributed by atoms with Crippen molar-refractivity contribution in [2.75, 3.05) is 36.0 Å². The van der Waals surface area contributed by atoms with E-state index in [1.807, 2.05) is 0 Å². The number of hydrogen-bond donors (Lipinski definition) is 1. The second-order valence-electron chi connectivity index (χ2n) is 8.30. The first-order chi connectivity index (χ1) is 14.6. The molecule has 0 spiro atoms. The predicted molar refractivity (Wildman–Crippen MR) is 106 cm³/mol. The van der Waals surface area contributed by atoms with E-state index in [9.17, 15) is 28.3 Å². The zero-order valence-electron chi connectivity index (χ0n) is 17.0. The van der Waals surface area contributed by atoms with Crippen LogP contribution in [-0.4, -0.2) is 54.4 Å². The van der Waals surface area contributed by atoms with Crippen molar-refractivity contribution in [3.8, 4) is 6.07 Å². The number of halogens is 4. The highest BCUT2D eigenvalue weighted by Crippen LogP contribution is 2.56. The Kier molecular flexibility index (Phi) is 5.46. The topological polar surface area (TPSA) is 89.7 Å². The van der Waals surface area contributed by atoms with Gasteiger partial charge in [-0.3, -0.25) is 4.79 Å². The van der Waals surface area contributed by atoms with Gasteiger partial charge in [-0.2, -0.15) is 18.4 Å². The van der Waals surface area contributed by atoms with E-state index in [1.165, 1.54) is 4.90 Å². The van der Waals surface area contributed by atoms with Crippen LogP contribution in [-0.2, 0) is 15.7 Å². The number of hydrogen-bond acceptors (Lipinski definition) is 7. The van der Waals surface area contributed by atoms with Crippen molar-refractivity contribution >= 4 is 29.2 Å². The molecule has 168 valence electrons. The van der Waals surface area contributed by atoms with Crippen molar-refractivity contribution in [3.05, 3.63) is 16.1 Å². The number of aliphatic hydroxyl groups is 1. The first-order valence-electron chi connectivity index (χ1n) is 10.1. The average Bonchev–Trinajstić information content (AvgIpc) is 3.12. The molecule has 0 bridgehead atoms. The van der Waals surface area contributed by atoms with Gasteiger partial charge >= 0.3 is 12.1 Å². The van der Waals surface area contributed by atoms with Gasteiger partial charge in [0.1, 0.15) is 17.5 Å². The number of pyridine rings is 1. The molecule has 0 aromatic carbocycles. The fraction of sp³-hybridized carbons (Fsp3) is 0.650. The molecule has 3 aliphatic rings. The number of aliphatic hydroxyl groups excluding tert-OH is 1. The molecule has 1 saturated carbocycles. The molecule has 31 heavy (non-hydrogen) atoms. The van der Waals surface area contributed by atoms with Gasteiger partial charge in [0.2, 0.25) is 0 Å². The zero-order chi connectivity index (χ0) is 22.7. The number of carbonyl (C=O) groups is 1. The van der Waals surface area contributed by atoms with Gasteiger partial charge < -0.3 is 19.6 Å². The zero-order valence-corrected chi connectivity index (χ0v) is 17.7. The number of esters is 1. The summed E-state index contributed by atoms with van der Waals surface area (Å²) in [6.45, 7) is 4.66. The van der Waals surface area contributed by atoms with Crippen LogP contribution in [0.4, 0.5) is 24.8 Å². The first-order valence-corrected chi connectivity index (χ1v) is 10.5. The molecule has 2 aliphatic heterocycles. The highest BCUT2D eigenvalue weighted by molar-refractivity contribution is 6.34. The normalized spacial score (nSPS) is 29.3. The van der Waals surface area contributed by atoms with Crippen molar-refractivity contribution in [2.24, 2.45) is 17.8 Å². The maximum absolute atomic E-state index is 13.9. The minimum absolute atomic E-state index is 0.0151. The fourth-order valence-corrected chi connectivity index (χ4v) is 5.10. The summed E-state index contributed by atoms with van der Waals surface area (Å²) < 4.78 is 46.6. The van der Waals surface area contributed by atoms with Gasteiger partial charge in [-0.05, 0) is 31.6 Å². The maximum Gasteiger partial charge on any atom is 0.419 e. The van der Waals surface area contributed by atoms with Crippen LogP contribution in [0.15, 0.2) is 0 Å². The Labute approximate surface area is 182 Å². The lowest BCUT2D eigenvalue weighted by molar-refractivity contribution is -0.143. The molecule has 2 saturated heterocycles. The van der Waals surface area contributed by atoms with Crippen LogP contribution in [0.5, 0.6) is 0 Å². The molecule has 4 rings (SSSR count). The highest BCUT2D eigenvalue weighted by Gasteiger charge is 2.57. The number of nitrogens with zero attached hydrogens (tertiary/aromatic N) is 4. The summed E-state index contributed by atoms with van der Waals surface area (Å²) in [5.41, 5.74) is -1.83. The quantitative estimate of drug-likeness (QED) is 0.678. The number of alkyl halides is 3. The molecule has 1 aromatic heterocycles. The molecule has 11 heteroatoms. The van der Waals surface area contributed by atoms with Gasteiger partial charge in [0.15, 0.2) is 5.82 Å². The second kappa shape index (κ2) is 7.71. The van der Waals surface area contributed by atoms with Crippen LogP contribution in [0.25, 0.3) is 0 Å². The fourth-order valence-electron chi connectivity index (χ4n) is 4.74. The van der Waals surface area contributed by atoms with Crippen molar-refractivity contribution in [1.29, 1.82) is 5.26 Å². The van der Waals surface area contributed by atoms with Crippen molar-refractivity contribution in [2.45, 2.75) is 38.6 Å². The molecular weight excluding hydrogens is 437 g/mol. The minimum Gasteiger partial charge on any atom is -0.466 e. The van der Waals surface area contributed by atoms with Gasteiger partial charge in [0.05, 0.1) is 29.3 Å². The SMILES string of the molecule is CCOC(=O)CC1C2CN(c3nc(N4C[C@@H](O)[C@@H]4C)c(C#N)c(C(F)(F)F)c3Cl)CC12. The van der Waals surface area contributed by atoms with E-state index in [0.717, 1.165) is 0 Å². The molecule has 0 amide bonds. The smallest absolute Gasteiger partial charge is 0.419 e. The van der Waals surface area contributed by atoms with Gasteiger partial charge in [-0.25, -0.2) is 4.98 Å². The minimum atomic E-state index is -4.84. The van der Waals surface area contributed by atoms with Gasteiger partial charge in [0.25, 0.3) is 0 Å². The van der Waals surface area contributed by atoms with Crippen LogP contribution in [0.2, 0.25) is 5.02 Å². The lowest BCUT2D eigenvalue weighted by Gasteiger charge is -2.45. The number of piperidine rings is 1. The van der Waals surface area contributed by atoms with E-state index in [1.54, 1.807) is 24.8 Å². The van der Waals surface area contributed by atoms with E-state index < -0.39 is 34.5 Å². The predicted octanol–water partition coefficient (Wildman–Crippen LogP) is 2.83. The molecule has 1 aromatic rings. The number of ether oxygens (including phenoxy) is 1. The Balaban J connectivity index is 1.64. The van der Waals surface area contributed by atoms with Crippen molar-refractivity contribution < 1.29 is 27.8 Å². The number of rotatable bonds is 5. The number of anilines is 2.